The predicted molar refractivity (Wildman–Crippen MR) is 138 cm³/mol. The van der Waals surface area contributed by atoms with Crippen molar-refractivity contribution < 1.29 is 19.1 Å². The van der Waals surface area contributed by atoms with Gasteiger partial charge in [0.1, 0.15) is 18.7 Å². The Morgan fingerprint density at radius 2 is 1.26 bits per heavy atom. The highest BCUT2D eigenvalue weighted by atomic mass is 127. The van der Waals surface area contributed by atoms with Gasteiger partial charge in [0, 0.05) is 16.4 Å². The van der Waals surface area contributed by atoms with Crippen LogP contribution in [-0.2, 0) is 33.8 Å². The number of halogens is 1. The van der Waals surface area contributed by atoms with E-state index in [-0.39, 0.29) is 19.4 Å². The van der Waals surface area contributed by atoms with Gasteiger partial charge in [-0.25, -0.2) is 4.79 Å². The SMILES string of the molecule is NC(=O)[C@@H](Cc1ccc(I)cc1)NC(=O)[C@@H](Cc1ccccc1)NC(=O)OCc1ccccc1. The van der Waals surface area contributed by atoms with Crippen LogP contribution in [0.4, 0.5) is 4.79 Å². The molecule has 3 amide bonds. The first-order valence-electron chi connectivity index (χ1n) is 10.8. The Labute approximate surface area is 212 Å². The summed E-state index contributed by atoms with van der Waals surface area (Å²) in [4.78, 5) is 37.6. The maximum Gasteiger partial charge on any atom is 0.408 e. The largest absolute Gasteiger partial charge is 0.445 e. The van der Waals surface area contributed by atoms with Crippen LogP contribution in [0, 0.1) is 3.57 Å². The number of carbonyl (C=O) groups is 3. The second kappa shape index (κ2) is 12.7. The van der Waals surface area contributed by atoms with Crippen molar-refractivity contribution in [3.05, 3.63) is 105 Å². The van der Waals surface area contributed by atoms with Gasteiger partial charge in [-0.05, 0) is 51.4 Å². The molecule has 4 N–H and O–H groups in total. The molecule has 0 aliphatic rings. The number of nitrogens with two attached hydrogens (primary N) is 1. The molecule has 0 bridgehead atoms. The zero-order valence-corrected chi connectivity index (χ0v) is 20.6. The van der Waals surface area contributed by atoms with Crippen LogP contribution >= 0.6 is 22.6 Å². The van der Waals surface area contributed by atoms with Gasteiger partial charge in [0.25, 0.3) is 0 Å². The third-order valence-electron chi connectivity index (χ3n) is 5.12. The summed E-state index contributed by atoms with van der Waals surface area (Å²) in [5.41, 5.74) is 8.10. The lowest BCUT2D eigenvalue weighted by Crippen LogP contribution is -2.54. The molecule has 8 heteroatoms. The van der Waals surface area contributed by atoms with Crippen LogP contribution < -0.4 is 16.4 Å². The fourth-order valence-electron chi connectivity index (χ4n) is 3.32. The highest BCUT2D eigenvalue weighted by Gasteiger charge is 2.26. The van der Waals surface area contributed by atoms with E-state index in [1.807, 2.05) is 84.9 Å². The summed E-state index contributed by atoms with van der Waals surface area (Å²) in [5.74, 6) is -1.17. The van der Waals surface area contributed by atoms with E-state index in [0.717, 1.165) is 20.3 Å². The molecule has 0 saturated carbocycles. The highest BCUT2D eigenvalue weighted by molar-refractivity contribution is 14.1. The summed E-state index contributed by atoms with van der Waals surface area (Å²) in [6, 6.07) is 24.2. The average molecular weight is 571 g/mol. The van der Waals surface area contributed by atoms with Gasteiger partial charge in [0.2, 0.25) is 11.8 Å². The van der Waals surface area contributed by atoms with E-state index in [4.69, 9.17) is 10.5 Å². The topological polar surface area (TPSA) is 111 Å². The van der Waals surface area contributed by atoms with Gasteiger partial charge >= 0.3 is 6.09 Å². The fourth-order valence-corrected chi connectivity index (χ4v) is 3.68. The molecule has 0 aromatic heterocycles. The van der Waals surface area contributed by atoms with Crippen LogP contribution in [0.25, 0.3) is 0 Å². The molecule has 0 fully saturated rings. The van der Waals surface area contributed by atoms with Gasteiger partial charge < -0.3 is 21.1 Å². The number of primary amides is 1. The predicted octanol–water partition coefficient (Wildman–Crippen LogP) is 3.34. The van der Waals surface area contributed by atoms with Crippen molar-refractivity contribution >= 4 is 40.5 Å². The minimum Gasteiger partial charge on any atom is -0.445 e. The van der Waals surface area contributed by atoms with Crippen molar-refractivity contribution in [1.29, 1.82) is 0 Å². The maximum absolute atomic E-state index is 13.1. The Morgan fingerprint density at radius 3 is 1.85 bits per heavy atom. The summed E-state index contributed by atoms with van der Waals surface area (Å²) in [5, 5.41) is 5.32. The number of alkyl carbamates (subject to hydrolysis) is 1. The summed E-state index contributed by atoms with van der Waals surface area (Å²) in [6.07, 6.45) is -0.260. The normalized spacial score (nSPS) is 12.3. The van der Waals surface area contributed by atoms with E-state index >= 15 is 0 Å². The quantitative estimate of drug-likeness (QED) is 0.325. The van der Waals surface area contributed by atoms with Crippen LogP contribution in [0.2, 0.25) is 0 Å². The Morgan fingerprint density at radius 1 is 0.735 bits per heavy atom. The Hall–Kier alpha value is -3.40. The van der Waals surface area contributed by atoms with E-state index in [9.17, 15) is 14.4 Å². The fraction of sp³-hybridized carbons (Fsp3) is 0.192. The average Bonchev–Trinajstić information content (AvgIpc) is 2.84. The molecule has 34 heavy (non-hydrogen) atoms. The molecule has 0 aliphatic heterocycles. The zero-order chi connectivity index (χ0) is 24.3. The standard InChI is InChI=1S/C26H26IN3O4/c27-21-13-11-19(12-14-21)15-22(24(28)31)29-25(32)23(16-18-7-3-1-4-8-18)30-26(33)34-17-20-9-5-2-6-10-20/h1-14,22-23H,15-17H2,(H2,28,31)(H,29,32)(H,30,33)/t22-,23-/m1/s1. The van der Waals surface area contributed by atoms with E-state index in [1.165, 1.54) is 0 Å². The zero-order valence-electron chi connectivity index (χ0n) is 18.4. The van der Waals surface area contributed by atoms with Gasteiger partial charge in [0.15, 0.2) is 0 Å². The number of amides is 3. The molecule has 0 spiro atoms. The lowest BCUT2D eigenvalue weighted by atomic mass is 10.0. The molecule has 0 heterocycles. The number of hydrogen-bond donors (Lipinski definition) is 3. The molecule has 7 nitrogen and oxygen atoms in total. The van der Waals surface area contributed by atoms with Gasteiger partial charge in [0.05, 0.1) is 0 Å². The minimum absolute atomic E-state index is 0.0725. The van der Waals surface area contributed by atoms with Crippen molar-refractivity contribution in [3.63, 3.8) is 0 Å². The molecular formula is C26H26IN3O4. The number of carbonyl (C=O) groups excluding carboxylic acids is 3. The lowest BCUT2D eigenvalue weighted by Gasteiger charge is -2.22. The van der Waals surface area contributed by atoms with Gasteiger partial charge in [-0.2, -0.15) is 0 Å². The Balaban J connectivity index is 1.68. The summed E-state index contributed by atoms with van der Waals surface area (Å²) in [7, 11) is 0. The second-order valence-electron chi connectivity index (χ2n) is 7.74. The van der Waals surface area contributed by atoms with Crippen molar-refractivity contribution in [2.75, 3.05) is 0 Å². The van der Waals surface area contributed by atoms with Crippen molar-refractivity contribution in [1.82, 2.24) is 10.6 Å². The maximum atomic E-state index is 13.1. The van der Waals surface area contributed by atoms with Gasteiger partial charge in [-0.1, -0.05) is 72.8 Å². The van der Waals surface area contributed by atoms with Crippen molar-refractivity contribution in [3.8, 4) is 0 Å². The molecule has 176 valence electrons. The minimum atomic E-state index is -0.954. The summed E-state index contributed by atoms with van der Waals surface area (Å²) < 4.78 is 6.34. The first kappa shape index (κ1) is 25.2. The number of benzene rings is 3. The Bertz CT molecular complexity index is 1090. The molecule has 0 aliphatic carbocycles. The van der Waals surface area contributed by atoms with E-state index in [2.05, 4.69) is 33.2 Å². The Kier molecular flexibility index (Phi) is 9.45. The van der Waals surface area contributed by atoms with Crippen LogP contribution in [0.3, 0.4) is 0 Å². The second-order valence-corrected chi connectivity index (χ2v) is 8.99. The third kappa shape index (κ3) is 8.18. The number of ether oxygens (including phenoxy) is 1. The highest BCUT2D eigenvalue weighted by Crippen LogP contribution is 2.10. The first-order chi connectivity index (χ1) is 16.4. The molecule has 2 atom stereocenters. The molecule has 0 unspecified atom stereocenters. The first-order valence-corrected chi connectivity index (χ1v) is 11.8. The van der Waals surface area contributed by atoms with E-state index < -0.39 is 30.0 Å². The summed E-state index contributed by atoms with van der Waals surface area (Å²) in [6.45, 7) is 0.0725. The van der Waals surface area contributed by atoms with E-state index in [1.54, 1.807) is 0 Å². The number of hydrogen-bond acceptors (Lipinski definition) is 4. The van der Waals surface area contributed by atoms with Crippen molar-refractivity contribution in [2.45, 2.75) is 31.5 Å². The van der Waals surface area contributed by atoms with Crippen LogP contribution in [0.1, 0.15) is 16.7 Å². The molecule has 3 aromatic rings. The van der Waals surface area contributed by atoms with Crippen LogP contribution in [0.15, 0.2) is 84.9 Å². The molecule has 0 radical (unpaired) electrons. The number of rotatable bonds is 10. The number of nitrogens with one attached hydrogen (secondary N) is 2. The third-order valence-corrected chi connectivity index (χ3v) is 5.84. The lowest BCUT2D eigenvalue weighted by molar-refractivity contribution is -0.128. The molecule has 3 aromatic carbocycles. The molecular weight excluding hydrogens is 545 g/mol. The van der Waals surface area contributed by atoms with Gasteiger partial charge in [-0.3, -0.25) is 9.59 Å². The summed E-state index contributed by atoms with van der Waals surface area (Å²) >= 11 is 2.19. The molecule has 3 rings (SSSR count). The van der Waals surface area contributed by atoms with Gasteiger partial charge in [-0.15, -0.1) is 0 Å². The van der Waals surface area contributed by atoms with Crippen molar-refractivity contribution in [2.24, 2.45) is 5.73 Å². The smallest absolute Gasteiger partial charge is 0.408 e. The van der Waals surface area contributed by atoms with Crippen LogP contribution in [-0.4, -0.2) is 30.0 Å². The monoisotopic (exact) mass is 571 g/mol. The molecule has 0 saturated heterocycles. The van der Waals surface area contributed by atoms with E-state index in [0.29, 0.717) is 0 Å². The van der Waals surface area contributed by atoms with Crippen LogP contribution in [0.5, 0.6) is 0 Å².